The molecule has 0 spiro atoms. The number of carboxylic acid groups (broad SMARTS) is 1. The van der Waals surface area contributed by atoms with E-state index in [1.807, 2.05) is 7.05 Å². The molecule has 0 aromatic carbocycles. The van der Waals surface area contributed by atoms with Gasteiger partial charge in [-0.3, -0.25) is 4.79 Å². The summed E-state index contributed by atoms with van der Waals surface area (Å²) in [5.74, 6) is 0.0814. The van der Waals surface area contributed by atoms with Crippen LogP contribution in [0.2, 0.25) is 0 Å². The summed E-state index contributed by atoms with van der Waals surface area (Å²) in [4.78, 5) is 15.7. The van der Waals surface area contributed by atoms with Gasteiger partial charge in [0.05, 0.1) is 17.7 Å². The van der Waals surface area contributed by atoms with Gasteiger partial charge in [0.25, 0.3) is 0 Å². The molecule has 2 unspecified atom stereocenters. The lowest BCUT2D eigenvalue weighted by molar-refractivity contribution is -0.142. The molecule has 1 N–H and O–H groups in total. The molecule has 5 nitrogen and oxygen atoms in total. The van der Waals surface area contributed by atoms with Crippen LogP contribution in [0.1, 0.15) is 36.5 Å². The number of aromatic nitrogens is 2. The van der Waals surface area contributed by atoms with Crippen LogP contribution in [-0.2, 0) is 35.8 Å². The summed E-state index contributed by atoms with van der Waals surface area (Å²) >= 11 is 0. The average Bonchev–Trinajstić information content (AvgIpc) is 2.99. The summed E-state index contributed by atoms with van der Waals surface area (Å²) in [5, 5.41) is 9.12. The Bertz CT molecular complexity index is 489. The Morgan fingerprint density at radius 2 is 2.37 bits per heavy atom. The predicted molar refractivity (Wildman–Crippen MR) is 69.0 cm³/mol. The van der Waals surface area contributed by atoms with Gasteiger partial charge in [-0.25, -0.2) is 4.98 Å². The molecule has 0 bridgehead atoms. The molecule has 104 valence electrons. The Hall–Kier alpha value is -1.36. The van der Waals surface area contributed by atoms with Crippen molar-refractivity contribution in [2.45, 2.75) is 44.6 Å². The average molecular weight is 264 g/mol. The number of carbonyl (C=O) groups is 1. The van der Waals surface area contributed by atoms with Gasteiger partial charge < -0.3 is 14.4 Å². The smallest absolute Gasteiger partial charge is 0.306 e. The van der Waals surface area contributed by atoms with E-state index in [4.69, 9.17) is 9.84 Å². The highest BCUT2D eigenvalue weighted by Gasteiger charge is 2.29. The van der Waals surface area contributed by atoms with Gasteiger partial charge in [-0.2, -0.15) is 0 Å². The molecule has 2 heterocycles. The first kappa shape index (κ1) is 12.7. The fourth-order valence-corrected chi connectivity index (χ4v) is 3.17. The molecule has 5 heteroatoms. The van der Waals surface area contributed by atoms with Gasteiger partial charge in [0.1, 0.15) is 5.82 Å². The SMILES string of the molecule is Cn1c(CC2CCCO2)nc2c1CCC(C(=O)O)C2. The quantitative estimate of drug-likeness (QED) is 0.894. The summed E-state index contributed by atoms with van der Waals surface area (Å²) in [6.07, 6.45) is 5.50. The monoisotopic (exact) mass is 264 g/mol. The van der Waals surface area contributed by atoms with E-state index in [9.17, 15) is 4.79 Å². The predicted octanol–water partition coefficient (Wildman–Crippen LogP) is 1.33. The fraction of sp³-hybridized carbons (Fsp3) is 0.714. The van der Waals surface area contributed by atoms with E-state index in [0.717, 1.165) is 50.2 Å². The molecule has 19 heavy (non-hydrogen) atoms. The van der Waals surface area contributed by atoms with Crippen molar-refractivity contribution in [1.82, 2.24) is 9.55 Å². The van der Waals surface area contributed by atoms with Gasteiger partial charge in [0.15, 0.2) is 0 Å². The molecule has 1 aromatic rings. The van der Waals surface area contributed by atoms with Crippen molar-refractivity contribution < 1.29 is 14.6 Å². The number of aliphatic carboxylic acids is 1. The highest BCUT2D eigenvalue weighted by molar-refractivity contribution is 5.70. The number of carboxylic acids is 1. The van der Waals surface area contributed by atoms with Gasteiger partial charge >= 0.3 is 5.97 Å². The Morgan fingerprint density at radius 1 is 1.53 bits per heavy atom. The van der Waals surface area contributed by atoms with E-state index >= 15 is 0 Å². The lowest BCUT2D eigenvalue weighted by Gasteiger charge is -2.18. The minimum Gasteiger partial charge on any atom is -0.481 e. The number of hydrogen-bond acceptors (Lipinski definition) is 3. The van der Waals surface area contributed by atoms with Crippen LogP contribution in [0.4, 0.5) is 0 Å². The largest absolute Gasteiger partial charge is 0.481 e. The third-order valence-electron chi connectivity index (χ3n) is 4.34. The van der Waals surface area contributed by atoms with Crippen molar-refractivity contribution in [3.8, 4) is 0 Å². The van der Waals surface area contributed by atoms with Crippen LogP contribution in [0.15, 0.2) is 0 Å². The zero-order chi connectivity index (χ0) is 13.4. The maximum Gasteiger partial charge on any atom is 0.306 e. The number of ether oxygens (including phenoxy) is 1. The van der Waals surface area contributed by atoms with Crippen LogP contribution < -0.4 is 0 Å². The Balaban J connectivity index is 1.78. The zero-order valence-corrected chi connectivity index (χ0v) is 11.3. The van der Waals surface area contributed by atoms with Gasteiger partial charge in [0, 0.05) is 32.2 Å². The molecule has 0 radical (unpaired) electrons. The Kier molecular flexibility index (Phi) is 3.31. The Labute approximate surface area is 112 Å². The van der Waals surface area contributed by atoms with E-state index in [-0.39, 0.29) is 12.0 Å². The molecule has 1 aliphatic carbocycles. The number of nitrogens with zero attached hydrogens (tertiary/aromatic N) is 2. The van der Waals surface area contributed by atoms with Gasteiger partial charge in [0.2, 0.25) is 0 Å². The summed E-state index contributed by atoms with van der Waals surface area (Å²) in [6.45, 7) is 0.857. The van der Waals surface area contributed by atoms with Crippen molar-refractivity contribution in [3.05, 3.63) is 17.2 Å². The second-order valence-corrected chi connectivity index (χ2v) is 5.60. The lowest BCUT2D eigenvalue weighted by Crippen LogP contribution is -2.22. The molecular weight excluding hydrogens is 244 g/mol. The number of imidazole rings is 1. The number of fused-ring (bicyclic) bond motifs is 1. The molecule has 1 aromatic heterocycles. The van der Waals surface area contributed by atoms with Crippen molar-refractivity contribution in [1.29, 1.82) is 0 Å². The maximum atomic E-state index is 11.1. The van der Waals surface area contributed by atoms with E-state index in [0.29, 0.717) is 6.42 Å². The Morgan fingerprint density at radius 3 is 3.05 bits per heavy atom. The molecule has 1 aliphatic heterocycles. The summed E-state index contributed by atoms with van der Waals surface area (Å²) in [5.41, 5.74) is 2.19. The number of hydrogen-bond donors (Lipinski definition) is 1. The molecule has 0 amide bonds. The summed E-state index contributed by atoms with van der Waals surface area (Å²) < 4.78 is 7.80. The standard InChI is InChI=1S/C14H20N2O3/c1-16-12-5-4-9(14(17)18)7-11(12)15-13(16)8-10-3-2-6-19-10/h9-10H,2-8H2,1H3,(H,17,18). The van der Waals surface area contributed by atoms with E-state index in [2.05, 4.69) is 9.55 Å². The van der Waals surface area contributed by atoms with E-state index in [1.165, 1.54) is 5.69 Å². The third kappa shape index (κ3) is 2.39. The van der Waals surface area contributed by atoms with Crippen LogP contribution in [-0.4, -0.2) is 33.3 Å². The van der Waals surface area contributed by atoms with Gasteiger partial charge in [-0.1, -0.05) is 0 Å². The van der Waals surface area contributed by atoms with Gasteiger partial charge in [-0.15, -0.1) is 0 Å². The van der Waals surface area contributed by atoms with Crippen molar-refractivity contribution in [2.75, 3.05) is 6.61 Å². The maximum absolute atomic E-state index is 11.1. The van der Waals surface area contributed by atoms with E-state index < -0.39 is 5.97 Å². The zero-order valence-electron chi connectivity index (χ0n) is 11.3. The van der Waals surface area contributed by atoms with E-state index in [1.54, 1.807) is 0 Å². The second kappa shape index (κ2) is 4.96. The van der Waals surface area contributed by atoms with Gasteiger partial charge in [-0.05, 0) is 25.7 Å². The minimum absolute atomic E-state index is 0.266. The first-order valence-electron chi connectivity index (χ1n) is 7.03. The first-order chi connectivity index (χ1) is 9.15. The second-order valence-electron chi connectivity index (χ2n) is 5.60. The summed E-state index contributed by atoms with van der Waals surface area (Å²) in [7, 11) is 2.04. The number of rotatable bonds is 3. The molecule has 2 aliphatic rings. The van der Waals surface area contributed by atoms with Crippen LogP contribution in [0.5, 0.6) is 0 Å². The molecule has 1 saturated heterocycles. The van der Waals surface area contributed by atoms with Crippen LogP contribution in [0, 0.1) is 5.92 Å². The highest BCUT2D eigenvalue weighted by Crippen LogP contribution is 2.27. The highest BCUT2D eigenvalue weighted by atomic mass is 16.5. The van der Waals surface area contributed by atoms with Crippen LogP contribution >= 0.6 is 0 Å². The van der Waals surface area contributed by atoms with Crippen LogP contribution in [0.3, 0.4) is 0 Å². The summed E-state index contributed by atoms with van der Waals surface area (Å²) in [6, 6.07) is 0. The van der Waals surface area contributed by atoms with Crippen molar-refractivity contribution >= 4 is 5.97 Å². The molecule has 3 rings (SSSR count). The van der Waals surface area contributed by atoms with Crippen molar-refractivity contribution in [2.24, 2.45) is 13.0 Å². The lowest BCUT2D eigenvalue weighted by atomic mass is 9.90. The molecule has 0 saturated carbocycles. The molecule has 1 fully saturated rings. The third-order valence-corrected chi connectivity index (χ3v) is 4.34. The normalized spacial score (nSPS) is 26.4. The first-order valence-corrected chi connectivity index (χ1v) is 7.03. The topological polar surface area (TPSA) is 64.4 Å². The van der Waals surface area contributed by atoms with Crippen LogP contribution in [0.25, 0.3) is 0 Å². The molecular formula is C14H20N2O3. The molecule has 2 atom stereocenters. The van der Waals surface area contributed by atoms with Crippen molar-refractivity contribution in [3.63, 3.8) is 0 Å². The minimum atomic E-state index is -0.697. The fourth-order valence-electron chi connectivity index (χ4n) is 3.17.